The van der Waals surface area contributed by atoms with Gasteiger partial charge in [-0.2, -0.15) is 0 Å². The molecular weight excluding hydrogens is 318 g/mol. The van der Waals surface area contributed by atoms with Crippen molar-refractivity contribution in [2.24, 2.45) is 0 Å². The molecule has 0 spiro atoms. The van der Waals surface area contributed by atoms with Crippen LogP contribution in [0, 0.1) is 0 Å². The van der Waals surface area contributed by atoms with Crippen molar-refractivity contribution in [2.75, 3.05) is 39.4 Å². The van der Waals surface area contributed by atoms with Crippen molar-refractivity contribution in [3.63, 3.8) is 0 Å². The van der Waals surface area contributed by atoms with Crippen LogP contribution in [-0.2, 0) is 4.74 Å². The topological polar surface area (TPSA) is 54.9 Å². The smallest absolute Gasteiger partial charge is 0.259 e. The van der Waals surface area contributed by atoms with Gasteiger partial charge in [-0.1, -0.05) is 19.3 Å². The van der Waals surface area contributed by atoms with Crippen molar-refractivity contribution in [1.29, 1.82) is 0 Å². The molecule has 1 atom stereocenters. The maximum atomic E-state index is 13.1. The zero-order valence-electron chi connectivity index (χ0n) is 14.7. The molecule has 0 bridgehead atoms. The molecule has 6 heteroatoms. The van der Waals surface area contributed by atoms with Gasteiger partial charge in [0.25, 0.3) is 5.91 Å². The fourth-order valence-electron chi connectivity index (χ4n) is 4.17. The Hall–Kier alpha value is -1.66. The summed E-state index contributed by atoms with van der Waals surface area (Å²) in [6.45, 7) is 4.85. The lowest BCUT2D eigenvalue weighted by molar-refractivity contribution is 0.0105. The van der Waals surface area contributed by atoms with E-state index in [0.29, 0.717) is 24.0 Å². The van der Waals surface area contributed by atoms with E-state index in [9.17, 15) is 4.79 Å². The molecule has 0 radical (unpaired) electrons. The van der Waals surface area contributed by atoms with Gasteiger partial charge in [-0.3, -0.25) is 9.69 Å². The van der Waals surface area contributed by atoms with Crippen molar-refractivity contribution >= 4 is 5.91 Å². The van der Waals surface area contributed by atoms with E-state index < -0.39 is 0 Å². The zero-order valence-corrected chi connectivity index (χ0v) is 14.7. The van der Waals surface area contributed by atoms with E-state index in [1.807, 2.05) is 12.1 Å². The molecule has 2 aliphatic heterocycles. The van der Waals surface area contributed by atoms with Crippen LogP contribution in [0.5, 0.6) is 5.88 Å². The number of ether oxygens (including phenoxy) is 2. The van der Waals surface area contributed by atoms with Crippen LogP contribution in [0.3, 0.4) is 0 Å². The van der Waals surface area contributed by atoms with E-state index in [4.69, 9.17) is 9.47 Å². The molecule has 1 aromatic rings. The molecule has 25 heavy (non-hydrogen) atoms. The lowest BCUT2D eigenvalue weighted by atomic mass is 9.93. The van der Waals surface area contributed by atoms with Gasteiger partial charge < -0.3 is 14.4 Å². The van der Waals surface area contributed by atoms with Crippen LogP contribution in [0.15, 0.2) is 18.3 Å². The fourth-order valence-corrected chi connectivity index (χ4v) is 4.17. The summed E-state index contributed by atoms with van der Waals surface area (Å²) in [5.74, 6) is 0.573. The summed E-state index contributed by atoms with van der Waals surface area (Å²) in [6, 6.07) is 4.00. The van der Waals surface area contributed by atoms with Gasteiger partial charge in [-0.15, -0.1) is 0 Å². The van der Waals surface area contributed by atoms with Gasteiger partial charge in [0.2, 0.25) is 5.88 Å². The Morgan fingerprint density at radius 3 is 2.76 bits per heavy atom. The van der Waals surface area contributed by atoms with Gasteiger partial charge in [-0.25, -0.2) is 4.98 Å². The second kappa shape index (κ2) is 7.70. The fraction of sp³-hybridized carbons (Fsp3) is 0.684. The SMILES string of the molecule is O=C1c2cccnc2OC(CN2CCOCC2)CN1C1CCCCC1. The number of morpholine rings is 1. The maximum absolute atomic E-state index is 13.1. The van der Waals surface area contributed by atoms with Gasteiger partial charge in [0, 0.05) is 31.9 Å². The van der Waals surface area contributed by atoms with E-state index >= 15 is 0 Å². The number of hydrogen-bond acceptors (Lipinski definition) is 5. The molecule has 1 saturated heterocycles. The predicted molar refractivity (Wildman–Crippen MR) is 93.8 cm³/mol. The molecule has 2 fully saturated rings. The van der Waals surface area contributed by atoms with Crippen LogP contribution in [-0.4, -0.2) is 72.2 Å². The predicted octanol–water partition coefficient (Wildman–Crippen LogP) is 1.95. The van der Waals surface area contributed by atoms with Crippen LogP contribution >= 0.6 is 0 Å². The first-order chi connectivity index (χ1) is 12.3. The summed E-state index contributed by atoms with van der Waals surface area (Å²) < 4.78 is 11.6. The van der Waals surface area contributed by atoms with Crippen LogP contribution in [0.2, 0.25) is 0 Å². The highest BCUT2D eigenvalue weighted by atomic mass is 16.5. The summed E-state index contributed by atoms with van der Waals surface area (Å²) in [6.07, 6.45) is 7.57. The third kappa shape index (κ3) is 3.80. The van der Waals surface area contributed by atoms with Gasteiger partial charge in [0.05, 0.1) is 19.8 Å². The van der Waals surface area contributed by atoms with E-state index in [-0.39, 0.29) is 12.0 Å². The molecule has 1 amide bonds. The van der Waals surface area contributed by atoms with Gasteiger partial charge in [0.1, 0.15) is 11.7 Å². The minimum atomic E-state index is -0.0415. The Kier molecular flexibility index (Phi) is 5.17. The van der Waals surface area contributed by atoms with E-state index in [2.05, 4.69) is 14.8 Å². The Balaban J connectivity index is 1.56. The summed E-state index contributed by atoms with van der Waals surface area (Å²) in [7, 11) is 0. The second-order valence-electron chi connectivity index (χ2n) is 7.26. The minimum Gasteiger partial charge on any atom is -0.471 e. The maximum Gasteiger partial charge on any atom is 0.259 e. The van der Waals surface area contributed by atoms with Gasteiger partial charge in [0.15, 0.2) is 0 Å². The summed E-state index contributed by atoms with van der Waals surface area (Å²) >= 11 is 0. The highest BCUT2D eigenvalue weighted by Crippen LogP contribution is 2.29. The van der Waals surface area contributed by atoms with Crippen molar-refractivity contribution < 1.29 is 14.3 Å². The Bertz CT molecular complexity index is 597. The van der Waals surface area contributed by atoms with Crippen LogP contribution in [0.25, 0.3) is 0 Å². The zero-order chi connectivity index (χ0) is 17.1. The Morgan fingerprint density at radius 2 is 1.96 bits per heavy atom. The number of amides is 1. The summed E-state index contributed by atoms with van der Waals surface area (Å²) in [5.41, 5.74) is 0.609. The molecule has 0 aromatic carbocycles. The van der Waals surface area contributed by atoms with E-state index in [0.717, 1.165) is 45.7 Å². The van der Waals surface area contributed by atoms with Gasteiger partial charge in [-0.05, 0) is 25.0 Å². The third-order valence-corrected chi connectivity index (χ3v) is 5.52. The van der Waals surface area contributed by atoms with E-state index in [1.54, 1.807) is 6.20 Å². The molecule has 0 N–H and O–H groups in total. The van der Waals surface area contributed by atoms with Crippen molar-refractivity contribution in [2.45, 2.75) is 44.2 Å². The Morgan fingerprint density at radius 1 is 1.16 bits per heavy atom. The molecule has 3 aliphatic rings. The number of hydrogen-bond donors (Lipinski definition) is 0. The number of fused-ring (bicyclic) bond motifs is 1. The average Bonchev–Trinajstić information content (AvgIpc) is 2.80. The molecular formula is C19H27N3O3. The van der Waals surface area contributed by atoms with Gasteiger partial charge >= 0.3 is 0 Å². The molecule has 1 aliphatic carbocycles. The highest BCUT2D eigenvalue weighted by Gasteiger charge is 2.35. The lowest BCUT2D eigenvalue weighted by Crippen LogP contribution is -2.49. The molecule has 4 rings (SSSR count). The minimum absolute atomic E-state index is 0.0415. The van der Waals surface area contributed by atoms with Crippen molar-refractivity contribution in [3.8, 4) is 5.88 Å². The van der Waals surface area contributed by atoms with E-state index in [1.165, 1.54) is 19.3 Å². The standard InChI is InChI=1S/C19H27N3O3/c23-19-17-7-4-8-20-18(17)25-16(13-21-9-11-24-12-10-21)14-22(19)15-5-2-1-3-6-15/h4,7-8,15-16H,1-3,5-6,9-14H2. The van der Waals surface area contributed by atoms with Crippen LogP contribution in [0.1, 0.15) is 42.5 Å². The molecule has 6 nitrogen and oxygen atoms in total. The average molecular weight is 345 g/mol. The van der Waals surface area contributed by atoms with Crippen molar-refractivity contribution in [3.05, 3.63) is 23.9 Å². The number of carbonyl (C=O) groups is 1. The lowest BCUT2D eigenvalue weighted by Gasteiger charge is -2.36. The van der Waals surface area contributed by atoms with Crippen LogP contribution in [0.4, 0.5) is 0 Å². The molecule has 1 aromatic heterocycles. The van der Waals surface area contributed by atoms with Crippen LogP contribution < -0.4 is 4.74 Å². The number of rotatable bonds is 3. The first-order valence-electron chi connectivity index (χ1n) is 9.54. The molecule has 3 heterocycles. The third-order valence-electron chi connectivity index (χ3n) is 5.52. The first kappa shape index (κ1) is 16.8. The number of aromatic nitrogens is 1. The molecule has 136 valence electrons. The molecule has 1 saturated carbocycles. The quantitative estimate of drug-likeness (QED) is 0.838. The normalized spacial score (nSPS) is 26.0. The number of carbonyl (C=O) groups excluding carboxylic acids is 1. The monoisotopic (exact) mass is 345 g/mol. The number of pyridine rings is 1. The van der Waals surface area contributed by atoms with Crippen molar-refractivity contribution in [1.82, 2.24) is 14.8 Å². The Labute approximate surface area is 149 Å². The second-order valence-corrected chi connectivity index (χ2v) is 7.26. The summed E-state index contributed by atoms with van der Waals surface area (Å²) in [5, 5.41) is 0. The molecule has 1 unspecified atom stereocenters. The summed E-state index contributed by atoms with van der Waals surface area (Å²) in [4.78, 5) is 21.9. The first-order valence-corrected chi connectivity index (χ1v) is 9.54. The highest BCUT2D eigenvalue weighted by molar-refractivity contribution is 5.96. The number of nitrogens with zero attached hydrogens (tertiary/aromatic N) is 3. The largest absolute Gasteiger partial charge is 0.471 e.